The lowest BCUT2D eigenvalue weighted by Gasteiger charge is -2.32. The van der Waals surface area contributed by atoms with Crippen molar-refractivity contribution in [2.75, 3.05) is 46.3 Å². The molecular formula is C21H29N5O2S. The number of rotatable bonds is 8. The Labute approximate surface area is 176 Å². The second kappa shape index (κ2) is 10.5. The van der Waals surface area contributed by atoms with Gasteiger partial charge in [-0.15, -0.1) is 11.3 Å². The van der Waals surface area contributed by atoms with Gasteiger partial charge >= 0.3 is 0 Å². The predicted octanol–water partition coefficient (Wildman–Crippen LogP) is 1.35. The highest BCUT2D eigenvalue weighted by atomic mass is 32.1. The third-order valence-electron chi connectivity index (χ3n) is 4.92. The highest BCUT2D eigenvalue weighted by Crippen LogP contribution is 2.24. The molecule has 8 heteroatoms. The minimum Gasteiger partial charge on any atom is -0.355 e. The number of carbonyl (C=O) groups is 2. The van der Waals surface area contributed by atoms with Crippen LogP contribution in [0.15, 0.2) is 29.6 Å². The van der Waals surface area contributed by atoms with E-state index in [9.17, 15) is 9.59 Å². The summed E-state index contributed by atoms with van der Waals surface area (Å²) in [6, 6.07) is 8.57. The van der Waals surface area contributed by atoms with Gasteiger partial charge in [-0.25, -0.2) is 4.98 Å². The van der Waals surface area contributed by atoms with E-state index < -0.39 is 0 Å². The average molecular weight is 416 g/mol. The zero-order chi connectivity index (χ0) is 20.6. The molecule has 3 rings (SSSR count). The summed E-state index contributed by atoms with van der Waals surface area (Å²) in [4.78, 5) is 32.3. The van der Waals surface area contributed by atoms with Gasteiger partial charge < -0.3 is 15.5 Å². The van der Waals surface area contributed by atoms with Crippen LogP contribution in [0, 0.1) is 0 Å². The fourth-order valence-electron chi connectivity index (χ4n) is 3.21. The number of nitrogens with one attached hydrogen (secondary N) is 2. The molecule has 1 fully saturated rings. The normalized spacial score (nSPS) is 15.2. The molecule has 2 aromatic rings. The lowest BCUT2D eigenvalue weighted by molar-refractivity contribution is -0.121. The SMILES string of the molecule is CC(=O)NCCNC(=O)Cc1csc(-c2ccc(CN3CCN(C)CC3)cc2)n1. The maximum absolute atomic E-state index is 12.0. The second-order valence-corrected chi connectivity index (χ2v) is 8.29. The van der Waals surface area contributed by atoms with Crippen LogP contribution in [0.5, 0.6) is 0 Å². The van der Waals surface area contributed by atoms with Gasteiger partial charge in [-0.05, 0) is 12.6 Å². The zero-order valence-corrected chi connectivity index (χ0v) is 17.9. The Kier molecular flexibility index (Phi) is 7.74. The van der Waals surface area contributed by atoms with Crippen LogP contribution in [0.4, 0.5) is 0 Å². The lowest BCUT2D eigenvalue weighted by Crippen LogP contribution is -2.43. The minimum atomic E-state index is -0.0991. The molecule has 0 bridgehead atoms. The Balaban J connectivity index is 1.48. The van der Waals surface area contributed by atoms with E-state index in [1.54, 1.807) is 11.3 Å². The first kappa shape index (κ1) is 21.4. The second-order valence-electron chi connectivity index (χ2n) is 7.43. The molecule has 1 aromatic carbocycles. The van der Waals surface area contributed by atoms with Crippen molar-refractivity contribution in [2.45, 2.75) is 19.9 Å². The first-order valence-corrected chi connectivity index (χ1v) is 10.8. The van der Waals surface area contributed by atoms with Crippen LogP contribution >= 0.6 is 11.3 Å². The van der Waals surface area contributed by atoms with E-state index >= 15 is 0 Å². The fourth-order valence-corrected chi connectivity index (χ4v) is 4.03. The number of hydrogen-bond donors (Lipinski definition) is 2. The monoisotopic (exact) mass is 415 g/mol. The van der Waals surface area contributed by atoms with Gasteiger partial charge in [0.05, 0.1) is 12.1 Å². The molecule has 0 radical (unpaired) electrons. The van der Waals surface area contributed by atoms with Gasteiger partial charge in [-0.1, -0.05) is 24.3 Å². The van der Waals surface area contributed by atoms with Crippen LogP contribution in [0.2, 0.25) is 0 Å². The average Bonchev–Trinajstić information content (AvgIpc) is 3.16. The molecule has 0 spiro atoms. The Morgan fingerprint density at radius 3 is 2.45 bits per heavy atom. The zero-order valence-electron chi connectivity index (χ0n) is 17.1. The summed E-state index contributed by atoms with van der Waals surface area (Å²) in [5.74, 6) is -0.187. The van der Waals surface area contributed by atoms with Crippen LogP contribution in [-0.2, 0) is 22.6 Å². The molecule has 1 aliphatic heterocycles. The maximum Gasteiger partial charge on any atom is 0.226 e. The van der Waals surface area contributed by atoms with E-state index in [1.807, 2.05) is 5.38 Å². The van der Waals surface area contributed by atoms with E-state index in [1.165, 1.54) is 12.5 Å². The van der Waals surface area contributed by atoms with Gasteiger partial charge in [0, 0.05) is 63.7 Å². The summed E-state index contributed by atoms with van der Waals surface area (Å²) in [5, 5.41) is 8.30. The van der Waals surface area contributed by atoms with E-state index in [0.29, 0.717) is 13.1 Å². The van der Waals surface area contributed by atoms with Gasteiger partial charge in [0.2, 0.25) is 11.8 Å². The third kappa shape index (κ3) is 6.92. The number of piperazine rings is 1. The van der Waals surface area contributed by atoms with Crippen molar-refractivity contribution in [3.8, 4) is 10.6 Å². The quantitative estimate of drug-likeness (QED) is 0.637. The molecule has 0 saturated carbocycles. The van der Waals surface area contributed by atoms with Crippen molar-refractivity contribution in [1.82, 2.24) is 25.4 Å². The molecule has 0 unspecified atom stereocenters. The molecular weight excluding hydrogens is 386 g/mol. The molecule has 2 amide bonds. The molecule has 0 atom stereocenters. The summed E-state index contributed by atoms with van der Waals surface area (Å²) >= 11 is 1.55. The minimum absolute atomic E-state index is 0.0882. The number of aromatic nitrogens is 1. The number of likely N-dealkylation sites (N-methyl/N-ethyl adjacent to an activating group) is 1. The standard InChI is InChI=1S/C21H29N5O2S/c1-16(27)22-7-8-23-20(28)13-19-15-29-21(24-19)18-5-3-17(4-6-18)14-26-11-9-25(2)10-12-26/h3-6,15H,7-14H2,1-2H3,(H,22,27)(H,23,28). The van der Waals surface area contributed by atoms with Crippen molar-refractivity contribution in [2.24, 2.45) is 0 Å². The number of carbonyl (C=O) groups excluding carboxylic acids is 2. The molecule has 0 aliphatic carbocycles. The molecule has 7 nitrogen and oxygen atoms in total. The van der Waals surface area contributed by atoms with Gasteiger partial charge in [0.25, 0.3) is 0 Å². The van der Waals surface area contributed by atoms with Gasteiger partial charge in [0.1, 0.15) is 5.01 Å². The van der Waals surface area contributed by atoms with Crippen LogP contribution in [0.1, 0.15) is 18.2 Å². The molecule has 2 heterocycles. The number of amides is 2. The molecule has 29 heavy (non-hydrogen) atoms. The van der Waals surface area contributed by atoms with E-state index in [-0.39, 0.29) is 18.2 Å². The lowest BCUT2D eigenvalue weighted by atomic mass is 10.1. The summed E-state index contributed by atoms with van der Waals surface area (Å²) in [7, 11) is 2.17. The summed E-state index contributed by atoms with van der Waals surface area (Å²) in [6.45, 7) is 7.77. The molecule has 1 saturated heterocycles. The Morgan fingerprint density at radius 2 is 1.76 bits per heavy atom. The first-order valence-electron chi connectivity index (χ1n) is 9.95. The van der Waals surface area contributed by atoms with Crippen LogP contribution < -0.4 is 10.6 Å². The van der Waals surface area contributed by atoms with E-state index in [4.69, 9.17) is 0 Å². The number of benzene rings is 1. The Morgan fingerprint density at radius 1 is 1.07 bits per heavy atom. The molecule has 156 valence electrons. The number of hydrogen-bond acceptors (Lipinski definition) is 6. The highest BCUT2D eigenvalue weighted by molar-refractivity contribution is 7.13. The Bertz CT molecular complexity index is 813. The van der Waals surface area contributed by atoms with Crippen LogP contribution in [0.3, 0.4) is 0 Å². The fraction of sp³-hybridized carbons (Fsp3) is 0.476. The first-order chi connectivity index (χ1) is 14.0. The van der Waals surface area contributed by atoms with Crippen molar-refractivity contribution in [3.63, 3.8) is 0 Å². The number of nitrogens with zero attached hydrogens (tertiary/aromatic N) is 3. The molecule has 1 aliphatic rings. The van der Waals surface area contributed by atoms with Crippen molar-refractivity contribution >= 4 is 23.2 Å². The van der Waals surface area contributed by atoms with Crippen molar-refractivity contribution in [3.05, 3.63) is 40.9 Å². The predicted molar refractivity (Wildman–Crippen MR) is 116 cm³/mol. The van der Waals surface area contributed by atoms with Gasteiger partial charge in [-0.2, -0.15) is 0 Å². The highest BCUT2D eigenvalue weighted by Gasteiger charge is 2.14. The van der Waals surface area contributed by atoms with E-state index in [0.717, 1.165) is 49.0 Å². The summed E-state index contributed by atoms with van der Waals surface area (Å²) < 4.78 is 0. The topological polar surface area (TPSA) is 77.6 Å². The van der Waals surface area contributed by atoms with Crippen molar-refractivity contribution < 1.29 is 9.59 Å². The van der Waals surface area contributed by atoms with Crippen molar-refractivity contribution in [1.29, 1.82) is 0 Å². The molecule has 2 N–H and O–H groups in total. The van der Waals surface area contributed by atoms with Crippen LogP contribution in [0.25, 0.3) is 10.6 Å². The van der Waals surface area contributed by atoms with Gasteiger partial charge in [-0.3, -0.25) is 14.5 Å². The smallest absolute Gasteiger partial charge is 0.226 e. The van der Waals surface area contributed by atoms with Gasteiger partial charge in [0.15, 0.2) is 0 Å². The Hall–Kier alpha value is -2.29. The maximum atomic E-state index is 12.0. The van der Waals surface area contributed by atoms with E-state index in [2.05, 4.69) is 56.7 Å². The summed E-state index contributed by atoms with van der Waals surface area (Å²) in [6.07, 6.45) is 0.248. The summed E-state index contributed by atoms with van der Waals surface area (Å²) in [5.41, 5.74) is 3.16. The third-order valence-corrected chi connectivity index (χ3v) is 5.86. The number of thiazole rings is 1. The van der Waals surface area contributed by atoms with Crippen LogP contribution in [-0.4, -0.2) is 72.9 Å². The molecule has 1 aromatic heterocycles. The largest absolute Gasteiger partial charge is 0.355 e.